The lowest BCUT2D eigenvalue weighted by Crippen LogP contribution is -1.98. The summed E-state index contributed by atoms with van der Waals surface area (Å²) in [4.78, 5) is 0. The van der Waals surface area contributed by atoms with E-state index in [0.717, 1.165) is 12.8 Å². The zero-order valence-electron chi connectivity index (χ0n) is 5.35. The maximum atomic E-state index is 8.30. The fraction of sp³-hybridized carbons (Fsp3) is 0.625. The van der Waals surface area contributed by atoms with Crippen molar-refractivity contribution in [3.05, 3.63) is 0 Å². The molecule has 1 aliphatic carbocycles. The zero-order valence-corrected chi connectivity index (χ0v) is 5.35. The molecular weight excluding hydrogens is 110 g/mol. The third-order valence-corrected chi connectivity index (χ3v) is 1.50. The molecule has 0 aromatic carbocycles. The second-order valence-electron chi connectivity index (χ2n) is 2.27. The van der Waals surface area contributed by atoms with Gasteiger partial charge in [0, 0.05) is 18.8 Å². The first kappa shape index (κ1) is 6.17. The Morgan fingerprint density at radius 3 is 3.11 bits per heavy atom. The van der Waals surface area contributed by atoms with E-state index in [1.54, 1.807) is 0 Å². The summed E-state index contributed by atoms with van der Waals surface area (Å²) in [5, 5.41) is 8.30. The third kappa shape index (κ3) is 1.78. The Labute approximate surface area is 55.7 Å². The maximum absolute atomic E-state index is 8.30. The number of nitriles is 1. The number of nitrogens with zero attached hydrogens (tertiary/aromatic N) is 1. The average molecular weight is 119 g/mol. The van der Waals surface area contributed by atoms with Crippen molar-refractivity contribution < 1.29 is 0 Å². The Morgan fingerprint density at radius 1 is 1.67 bits per heavy atom. The predicted molar refractivity (Wildman–Crippen MR) is 35.3 cm³/mol. The molecule has 0 heterocycles. The van der Waals surface area contributed by atoms with Crippen molar-refractivity contribution in [3.63, 3.8) is 0 Å². The molecule has 1 atom stereocenters. The Kier molecular flexibility index (Phi) is 2.16. The highest BCUT2D eigenvalue weighted by atomic mass is 14.2. The molecule has 0 N–H and O–H groups in total. The van der Waals surface area contributed by atoms with Crippen LogP contribution >= 0.6 is 0 Å². The molecule has 1 nitrogen and oxygen atoms in total. The standard InChI is InChI=1S/C8H9N/c9-7-6-8-4-2-1-3-5-8/h8H,1-2,4,6H2. The van der Waals surface area contributed by atoms with E-state index >= 15 is 0 Å². The molecule has 1 rings (SSSR count). The maximum Gasteiger partial charge on any atom is 0.0634 e. The minimum Gasteiger partial charge on any atom is -0.198 e. The first-order valence-electron chi connectivity index (χ1n) is 3.29. The van der Waals surface area contributed by atoms with Gasteiger partial charge in [-0.2, -0.15) is 5.26 Å². The molecule has 0 aromatic heterocycles. The van der Waals surface area contributed by atoms with Gasteiger partial charge in [-0.25, -0.2) is 0 Å². The van der Waals surface area contributed by atoms with Crippen LogP contribution in [-0.2, 0) is 0 Å². The lowest BCUT2D eigenvalue weighted by Gasteiger charge is -2.07. The Balaban J connectivity index is 2.39. The summed E-state index contributed by atoms with van der Waals surface area (Å²) >= 11 is 0. The van der Waals surface area contributed by atoms with E-state index in [1.165, 1.54) is 6.42 Å². The third-order valence-electron chi connectivity index (χ3n) is 1.50. The smallest absolute Gasteiger partial charge is 0.0634 e. The van der Waals surface area contributed by atoms with Gasteiger partial charge in [-0.3, -0.25) is 0 Å². The molecule has 0 saturated carbocycles. The molecule has 0 saturated heterocycles. The average Bonchev–Trinajstić information content (AvgIpc) is 1.91. The fourth-order valence-corrected chi connectivity index (χ4v) is 0.989. The summed E-state index contributed by atoms with van der Waals surface area (Å²) in [6.45, 7) is 0. The fourth-order valence-electron chi connectivity index (χ4n) is 0.989. The van der Waals surface area contributed by atoms with E-state index in [4.69, 9.17) is 5.26 Å². The quantitative estimate of drug-likeness (QED) is 0.482. The molecular formula is C8H9N. The van der Waals surface area contributed by atoms with Crippen LogP contribution in [0.15, 0.2) is 0 Å². The van der Waals surface area contributed by atoms with Crippen LogP contribution in [-0.4, -0.2) is 0 Å². The van der Waals surface area contributed by atoms with Crippen molar-refractivity contribution in [2.75, 3.05) is 0 Å². The summed E-state index contributed by atoms with van der Waals surface area (Å²) in [6.07, 6.45) is 3.95. The van der Waals surface area contributed by atoms with Crippen molar-refractivity contribution >= 4 is 0 Å². The van der Waals surface area contributed by atoms with Gasteiger partial charge in [0.05, 0.1) is 6.07 Å². The molecule has 1 heteroatoms. The molecule has 0 radical (unpaired) electrons. The van der Waals surface area contributed by atoms with Crippen LogP contribution in [0.4, 0.5) is 0 Å². The second kappa shape index (κ2) is 3.15. The minimum atomic E-state index is 0.378. The molecule has 0 bridgehead atoms. The van der Waals surface area contributed by atoms with Crippen LogP contribution in [0.25, 0.3) is 0 Å². The lowest BCUT2D eigenvalue weighted by molar-refractivity contribution is 0.581. The number of hydrogen-bond acceptors (Lipinski definition) is 1. The van der Waals surface area contributed by atoms with Crippen LogP contribution in [0.3, 0.4) is 0 Å². The van der Waals surface area contributed by atoms with E-state index in [9.17, 15) is 0 Å². The van der Waals surface area contributed by atoms with E-state index in [0.29, 0.717) is 12.3 Å². The SMILES string of the molecule is N#CCC1C#CCCC1. The topological polar surface area (TPSA) is 23.8 Å². The van der Waals surface area contributed by atoms with Crippen LogP contribution in [0.2, 0.25) is 0 Å². The minimum absolute atomic E-state index is 0.378. The molecule has 1 aliphatic rings. The van der Waals surface area contributed by atoms with E-state index in [1.807, 2.05) is 0 Å². The molecule has 46 valence electrons. The summed E-state index contributed by atoms with van der Waals surface area (Å²) in [6, 6.07) is 2.13. The predicted octanol–water partition coefficient (Wildman–Crippen LogP) is 1.70. The van der Waals surface area contributed by atoms with E-state index < -0.39 is 0 Å². The van der Waals surface area contributed by atoms with Crippen molar-refractivity contribution in [1.29, 1.82) is 5.26 Å². The van der Waals surface area contributed by atoms with Crippen LogP contribution < -0.4 is 0 Å². The van der Waals surface area contributed by atoms with E-state index in [2.05, 4.69) is 17.9 Å². The highest BCUT2D eigenvalue weighted by molar-refractivity contribution is 5.08. The molecule has 0 aliphatic heterocycles. The molecule has 0 fully saturated rings. The van der Waals surface area contributed by atoms with Crippen molar-refractivity contribution in [3.8, 4) is 17.9 Å². The molecule has 0 amide bonds. The lowest BCUT2D eigenvalue weighted by atomic mass is 9.96. The second-order valence-corrected chi connectivity index (χ2v) is 2.27. The van der Waals surface area contributed by atoms with Gasteiger partial charge in [0.2, 0.25) is 0 Å². The summed E-state index contributed by atoms with van der Waals surface area (Å²) in [7, 11) is 0. The molecule has 0 spiro atoms. The van der Waals surface area contributed by atoms with Gasteiger partial charge in [-0.1, -0.05) is 5.92 Å². The van der Waals surface area contributed by atoms with Crippen LogP contribution in [0.1, 0.15) is 25.7 Å². The van der Waals surface area contributed by atoms with Crippen molar-refractivity contribution in [2.24, 2.45) is 5.92 Å². The van der Waals surface area contributed by atoms with Crippen LogP contribution in [0.5, 0.6) is 0 Å². The van der Waals surface area contributed by atoms with Gasteiger partial charge in [0.15, 0.2) is 0 Å². The van der Waals surface area contributed by atoms with Crippen molar-refractivity contribution in [1.82, 2.24) is 0 Å². The summed E-state index contributed by atoms with van der Waals surface area (Å²) in [5.74, 6) is 6.44. The van der Waals surface area contributed by atoms with Gasteiger partial charge < -0.3 is 0 Å². The van der Waals surface area contributed by atoms with Gasteiger partial charge >= 0.3 is 0 Å². The number of hydrogen-bond donors (Lipinski definition) is 0. The first-order valence-corrected chi connectivity index (χ1v) is 3.29. The van der Waals surface area contributed by atoms with Gasteiger partial charge in [0.25, 0.3) is 0 Å². The zero-order chi connectivity index (χ0) is 6.53. The van der Waals surface area contributed by atoms with Gasteiger partial charge in [0.1, 0.15) is 0 Å². The number of rotatable bonds is 1. The molecule has 0 aromatic rings. The monoisotopic (exact) mass is 119 g/mol. The summed E-state index contributed by atoms with van der Waals surface area (Å²) < 4.78 is 0. The highest BCUT2D eigenvalue weighted by Gasteiger charge is 2.05. The van der Waals surface area contributed by atoms with E-state index in [-0.39, 0.29) is 0 Å². The Morgan fingerprint density at radius 2 is 2.56 bits per heavy atom. The Bertz CT molecular complexity index is 177. The highest BCUT2D eigenvalue weighted by Crippen LogP contribution is 2.14. The summed E-state index contributed by atoms with van der Waals surface area (Å²) in [5.41, 5.74) is 0. The van der Waals surface area contributed by atoms with Crippen molar-refractivity contribution in [2.45, 2.75) is 25.7 Å². The largest absolute Gasteiger partial charge is 0.198 e. The molecule has 9 heavy (non-hydrogen) atoms. The van der Waals surface area contributed by atoms with Gasteiger partial charge in [-0.15, -0.1) is 5.92 Å². The first-order chi connectivity index (χ1) is 4.43. The normalized spacial score (nSPS) is 23.7. The van der Waals surface area contributed by atoms with Gasteiger partial charge in [-0.05, 0) is 12.8 Å². The van der Waals surface area contributed by atoms with Crippen LogP contribution in [0, 0.1) is 29.1 Å². The Hall–Kier alpha value is -0.950. The molecule has 1 unspecified atom stereocenters.